The zero-order valence-corrected chi connectivity index (χ0v) is 3.84. The molecule has 0 atom stereocenters. The van der Waals surface area contributed by atoms with Gasteiger partial charge in [0, 0.05) is 0 Å². The van der Waals surface area contributed by atoms with Crippen LogP contribution in [0, 0.1) is 40.1 Å². The fourth-order valence-electron chi connectivity index (χ4n) is 0.137. The summed E-state index contributed by atoms with van der Waals surface area (Å²) >= 11 is 0. The van der Waals surface area contributed by atoms with Gasteiger partial charge < -0.3 is 0 Å². The first-order chi connectivity index (χ1) is 3.85. The summed E-state index contributed by atoms with van der Waals surface area (Å²) < 4.78 is 0. The molecule has 0 spiro atoms. The molecule has 0 rings (SSSR count). The van der Waals surface area contributed by atoms with Crippen LogP contribution in [0.5, 0.6) is 0 Å². The molecule has 0 aromatic heterocycles. The van der Waals surface area contributed by atoms with E-state index >= 15 is 0 Å². The van der Waals surface area contributed by atoms with Crippen LogP contribution >= 0.6 is 0 Å². The third-order valence-corrected chi connectivity index (χ3v) is 0.405. The van der Waals surface area contributed by atoms with E-state index in [4.69, 9.17) is 15.8 Å². The van der Waals surface area contributed by atoms with Gasteiger partial charge in [-0.05, 0) is 0 Å². The second-order valence-electron chi connectivity index (χ2n) is 0.835. The summed E-state index contributed by atoms with van der Waals surface area (Å²) in [6.45, 7) is 0. The average molecular weight is 102 g/mol. The second kappa shape index (κ2) is 3.40. The Balaban J connectivity index is 4.28. The molecule has 0 aliphatic carbocycles. The van der Waals surface area contributed by atoms with Crippen molar-refractivity contribution in [1.82, 2.24) is 0 Å². The number of hydrogen-bond donors (Lipinski definition) is 0. The maximum absolute atomic E-state index is 7.93. The van der Waals surface area contributed by atoms with Crippen LogP contribution in [0.15, 0.2) is 5.57 Å². The van der Waals surface area contributed by atoms with Crippen molar-refractivity contribution in [1.29, 1.82) is 15.8 Å². The first kappa shape index (κ1) is 6.21. The SMILES string of the molecule is N#C[C]=C(C#N)C#N. The van der Waals surface area contributed by atoms with E-state index in [0.29, 0.717) is 0 Å². The summed E-state index contributed by atoms with van der Waals surface area (Å²) in [6.07, 6.45) is 1.88. The van der Waals surface area contributed by atoms with Crippen molar-refractivity contribution in [2.75, 3.05) is 0 Å². The van der Waals surface area contributed by atoms with Crippen LogP contribution in [0.2, 0.25) is 0 Å². The zero-order chi connectivity index (χ0) is 6.41. The fraction of sp³-hybridized carbons (Fsp3) is 0. The van der Waals surface area contributed by atoms with Crippen molar-refractivity contribution in [3.63, 3.8) is 0 Å². The van der Waals surface area contributed by atoms with Gasteiger partial charge in [-0.2, -0.15) is 15.8 Å². The Morgan fingerprint density at radius 2 is 1.50 bits per heavy atom. The Bertz CT molecular complexity index is 202. The third-order valence-electron chi connectivity index (χ3n) is 0.405. The van der Waals surface area contributed by atoms with Gasteiger partial charge in [0.25, 0.3) is 0 Å². The number of allylic oxidation sites excluding steroid dienone is 2. The molecule has 35 valence electrons. The molecule has 0 aromatic rings. The average Bonchev–Trinajstić information content (AvgIpc) is 1.83. The van der Waals surface area contributed by atoms with E-state index < -0.39 is 0 Å². The first-order valence-electron chi connectivity index (χ1n) is 1.67. The Morgan fingerprint density at radius 1 is 1.00 bits per heavy atom. The van der Waals surface area contributed by atoms with Gasteiger partial charge in [-0.25, -0.2) is 0 Å². The van der Waals surface area contributed by atoms with Gasteiger partial charge >= 0.3 is 0 Å². The van der Waals surface area contributed by atoms with Crippen molar-refractivity contribution in [2.45, 2.75) is 0 Å². The van der Waals surface area contributed by atoms with E-state index in [1.54, 1.807) is 0 Å². The van der Waals surface area contributed by atoms with Gasteiger partial charge in [0.1, 0.15) is 29.9 Å². The number of nitrogens with zero attached hydrogens (tertiary/aromatic N) is 3. The van der Waals surface area contributed by atoms with Gasteiger partial charge in [0.05, 0.1) is 0 Å². The van der Waals surface area contributed by atoms with Gasteiger partial charge in [-0.15, -0.1) is 0 Å². The molecule has 0 N–H and O–H groups in total. The van der Waals surface area contributed by atoms with Crippen molar-refractivity contribution in [3.8, 4) is 18.2 Å². The maximum atomic E-state index is 7.93. The lowest BCUT2D eigenvalue weighted by molar-refractivity contribution is 1.44. The summed E-state index contributed by atoms with van der Waals surface area (Å²) in [5.41, 5.74) is -0.285. The molecule has 0 amide bonds. The molecule has 0 aliphatic rings. The summed E-state index contributed by atoms with van der Waals surface area (Å²) in [5, 5.41) is 23.7. The molecule has 3 heteroatoms. The highest BCUT2D eigenvalue weighted by molar-refractivity contribution is 5.35. The Hall–Kier alpha value is -1.79. The largest absolute Gasteiger partial charge is 0.192 e. The predicted molar refractivity (Wildman–Crippen MR) is 23.6 cm³/mol. The van der Waals surface area contributed by atoms with Crippen molar-refractivity contribution >= 4 is 0 Å². The molecule has 0 fully saturated rings. The van der Waals surface area contributed by atoms with Gasteiger partial charge in [0.15, 0.2) is 0 Å². The molecule has 0 aromatic carbocycles. The highest BCUT2D eigenvalue weighted by Crippen LogP contribution is 1.82. The quantitative estimate of drug-likeness (QED) is 0.412. The van der Waals surface area contributed by atoms with Crippen LogP contribution in [0.4, 0.5) is 0 Å². The van der Waals surface area contributed by atoms with Crippen molar-refractivity contribution in [3.05, 3.63) is 11.6 Å². The third kappa shape index (κ3) is 1.60. The van der Waals surface area contributed by atoms with Crippen LogP contribution in [0.3, 0.4) is 0 Å². The number of rotatable bonds is 0. The molecule has 0 aliphatic heterocycles. The van der Waals surface area contributed by atoms with E-state index in [-0.39, 0.29) is 5.57 Å². The molecule has 0 saturated carbocycles. The predicted octanol–water partition coefficient (Wildman–Crippen LogP) is 0.287. The summed E-state index contributed by atoms with van der Waals surface area (Å²) in [4.78, 5) is 0. The maximum Gasteiger partial charge on any atom is 0.148 e. The molecule has 3 nitrogen and oxygen atoms in total. The van der Waals surface area contributed by atoms with Crippen LogP contribution in [0.25, 0.3) is 0 Å². The molecule has 0 heterocycles. The topological polar surface area (TPSA) is 71.4 Å². The van der Waals surface area contributed by atoms with E-state index in [1.807, 2.05) is 6.08 Å². The molecule has 0 saturated heterocycles. The standard InChI is InChI=1S/C5N3/c6-2-1-5(3-7)4-8. The van der Waals surface area contributed by atoms with E-state index in [9.17, 15) is 0 Å². The highest BCUT2D eigenvalue weighted by Gasteiger charge is 1.86. The molecular weight excluding hydrogens is 102 g/mol. The van der Waals surface area contributed by atoms with Crippen LogP contribution in [-0.4, -0.2) is 0 Å². The fourth-order valence-corrected chi connectivity index (χ4v) is 0.137. The van der Waals surface area contributed by atoms with Crippen LogP contribution in [-0.2, 0) is 0 Å². The van der Waals surface area contributed by atoms with Crippen molar-refractivity contribution < 1.29 is 0 Å². The first-order valence-corrected chi connectivity index (χ1v) is 1.67. The molecular formula is C5N3. The van der Waals surface area contributed by atoms with Crippen molar-refractivity contribution in [2.24, 2.45) is 0 Å². The van der Waals surface area contributed by atoms with Crippen LogP contribution < -0.4 is 0 Å². The normalized spacial score (nSPS) is 5.12. The molecule has 8 heavy (non-hydrogen) atoms. The Kier molecular flexibility index (Phi) is 2.64. The number of hydrogen-bond acceptors (Lipinski definition) is 3. The highest BCUT2D eigenvalue weighted by atomic mass is 14.3. The smallest absolute Gasteiger partial charge is 0.148 e. The minimum absolute atomic E-state index is 0.285. The lowest BCUT2D eigenvalue weighted by Crippen LogP contribution is -1.67. The monoisotopic (exact) mass is 102 g/mol. The van der Waals surface area contributed by atoms with Gasteiger partial charge in [0.2, 0.25) is 0 Å². The minimum Gasteiger partial charge on any atom is -0.192 e. The van der Waals surface area contributed by atoms with E-state index in [0.717, 1.165) is 0 Å². The lowest BCUT2D eigenvalue weighted by Gasteiger charge is -1.63. The minimum atomic E-state index is -0.285. The lowest BCUT2D eigenvalue weighted by atomic mass is 10.3. The molecule has 0 unspecified atom stereocenters. The molecule has 0 bridgehead atoms. The summed E-state index contributed by atoms with van der Waals surface area (Å²) in [5.74, 6) is 0. The van der Waals surface area contributed by atoms with Crippen LogP contribution in [0.1, 0.15) is 0 Å². The van der Waals surface area contributed by atoms with E-state index in [2.05, 4.69) is 0 Å². The Morgan fingerprint density at radius 3 is 1.62 bits per heavy atom. The van der Waals surface area contributed by atoms with Gasteiger partial charge in [-0.1, -0.05) is 0 Å². The molecule has 1 radical (unpaired) electrons. The number of nitriles is 3. The summed E-state index contributed by atoms with van der Waals surface area (Å²) in [7, 11) is 0. The van der Waals surface area contributed by atoms with E-state index in [1.165, 1.54) is 18.2 Å². The Labute approximate surface area is 46.7 Å². The zero-order valence-electron chi connectivity index (χ0n) is 3.84. The van der Waals surface area contributed by atoms with Gasteiger partial charge in [-0.3, -0.25) is 0 Å². The summed E-state index contributed by atoms with van der Waals surface area (Å²) in [6, 6.07) is 4.39. The second-order valence-corrected chi connectivity index (χ2v) is 0.835.